The zero-order chi connectivity index (χ0) is 17.7. The Kier molecular flexibility index (Phi) is 5.68. The summed E-state index contributed by atoms with van der Waals surface area (Å²) < 4.78 is 11.5. The SMILES string of the molecule is Cc1cccc(OCC2(O)COCCN(Cc3ncccc3C)C2)c1. The number of aliphatic hydroxyl groups is 1. The number of rotatable bonds is 5. The average Bonchev–Trinajstić information content (AvgIpc) is 2.77. The van der Waals surface area contributed by atoms with Gasteiger partial charge in [0.05, 0.1) is 18.9 Å². The van der Waals surface area contributed by atoms with Crippen LogP contribution in [0.15, 0.2) is 42.6 Å². The van der Waals surface area contributed by atoms with Crippen molar-refractivity contribution in [2.75, 3.05) is 32.9 Å². The molecule has 0 spiro atoms. The number of nitrogens with zero attached hydrogens (tertiary/aromatic N) is 2. The van der Waals surface area contributed by atoms with Crippen LogP contribution in [0.5, 0.6) is 5.75 Å². The molecule has 2 aromatic rings. The molecule has 1 aromatic carbocycles. The van der Waals surface area contributed by atoms with Crippen LogP contribution in [0.1, 0.15) is 16.8 Å². The minimum atomic E-state index is -1.04. The number of hydrogen-bond donors (Lipinski definition) is 1. The maximum atomic E-state index is 11.0. The van der Waals surface area contributed by atoms with Crippen molar-refractivity contribution in [3.63, 3.8) is 0 Å². The second-order valence-electron chi connectivity index (χ2n) is 6.86. The highest BCUT2D eigenvalue weighted by Crippen LogP contribution is 2.19. The van der Waals surface area contributed by atoms with Gasteiger partial charge in [-0.25, -0.2) is 0 Å². The Balaban J connectivity index is 1.64. The standard InChI is InChI=1S/C20H26N2O3/c1-16-5-3-7-18(11-16)25-15-20(23)13-22(9-10-24-14-20)12-19-17(2)6-4-8-21-19/h3-8,11,23H,9-10,12-15H2,1-2H3. The molecule has 1 fully saturated rings. The van der Waals surface area contributed by atoms with E-state index in [2.05, 4.69) is 22.9 Å². The molecule has 1 atom stereocenters. The molecule has 1 aromatic heterocycles. The van der Waals surface area contributed by atoms with Crippen LogP contribution in [-0.2, 0) is 11.3 Å². The lowest BCUT2D eigenvalue weighted by molar-refractivity contribution is -0.0647. The number of β-amino-alcohol motifs (C(OH)–C–C–N with tert-alkyl or cyclic N) is 1. The topological polar surface area (TPSA) is 54.8 Å². The molecular weight excluding hydrogens is 316 g/mol. The Labute approximate surface area is 149 Å². The number of aryl methyl sites for hydroxylation is 2. The first-order valence-electron chi connectivity index (χ1n) is 8.67. The summed E-state index contributed by atoms with van der Waals surface area (Å²) in [6.07, 6.45) is 1.81. The van der Waals surface area contributed by atoms with Gasteiger partial charge in [0, 0.05) is 25.8 Å². The van der Waals surface area contributed by atoms with E-state index in [0.717, 1.165) is 29.1 Å². The van der Waals surface area contributed by atoms with E-state index in [1.807, 2.05) is 43.5 Å². The molecule has 0 aliphatic carbocycles. The zero-order valence-corrected chi connectivity index (χ0v) is 14.9. The number of hydrogen-bond acceptors (Lipinski definition) is 5. The first-order chi connectivity index (χ1) is 12.0. The van der Waals surface area contributed by atoms with Gasteiger partial charge in [-0.1, -0.05) is 18.2 Å². The lowest BCUT2D eigenvalue weighted by Gasteiger charge is -2.30. The molecule has 1 unspecified atom stereocenters. The zero-order valence-electron chi connectivity index (χ0n) is 14.9. The Morgan fingerprint density at radius 1 is 1.28 bits per heavy atom. The number of aromatic nitrogens is 1. The summed E-state index contributed by atoms with van der Waals surface area (Å²) in [6, 6.07) is 11.8. The molecule has 0 radical (unpaired) electrons. The summed E-state index contributed by atoms with van der Waals surface area (Å²) in [5, 5.41) is 11.0. The monoisotopic (exact) mass is 342 g/mol. The summed E-state index contributed by atoms with van der Waals surface area (Å²) in [5.74, 6) is 0.768. The van der Waals surface area contributed by atoms with Crippen molar-refractivity contribution in [2.24, 2.45) is 0 Å². The maximum absolute atomic E-state index is 11.0. The molecule has 0 saturated carbocycles. The van der Waals surface area contributed by atoms with E-state index in [0.29, 0.717) is 19.7 Å². The molecular formula is C20H26N2O3. The van der Waals surface area contributed by atoms with Gasteiger partial charge < -0.3 is 14.6 Å². The summed E-state index contributed by atoms with van der Waals surface area (Å²) in [5.41, 5.74) is 2.29. The quantitative estimate of drug-likeness (QED) is 0.904. The third-order valence-electron chi connectivity index (χ3n) is 4.43. The van der Waals surface area contributed by atoms with Crippen LogP contribution >= 0.6 is 0 Å². The van der Waals surface area contributed by atoms with Gasteiger partial charge in [0.1, 0.15) is 18.0 Å². The molecule has 25 heavy (non-hydrogen) atoms. The van der Waals surface area contributed by atoms with Gasteiger partial charge in [0.25, 0.3) is 0 Å². The van der Waals surface area contributed by atoms with Crippen molar-refractivity contribution in [1.29, 1.82) is 0 Å². The predicted octanol–water partition coefficient (Wildman–Crippen LogP) is 2.34. The summed E-state index contributed by atoms with van der Waals surface area (Å²) >= 11 is 0. The second kappa shape index (κ2) is 7.95. The van der Waals surface area contributed by atoms with Gasteiger partial charge in [-0.2, -0.15) is 0 Å². The molecule has 1 saturated heterocycles. The van der Waals surface area contributed by atoms with Gasteiger partial charge in [0.2, 0.25) is 0 Å². The van der Waals surface area contributed by atoms with Crippen molar-refractivity contribution in [3.05, 3.63) is 59.4 Å². The number of ether oxygens (including phenoxy) is 2. The van der Waals surface area contributed by atoms with Crippen molar-refractivity contribution in [2.45, 2.75) is 26.0 Å². The lowest BCUT2D eigenvalue weighted by Crippen LogP contribution is -2.48. The highest BCUT2D eigenvalue weighted by atomic mass is 16.5. The van der Waals surface area contributed by atoms with Gasteiger partial charge in [-0.15, -0.1) is 0 Å². The summed E-state index contributed by atoms with van der Waals surface area (Å²) in [7, 11) is 0. The largest absolute Gasteiger partial charge is 0.490 e. The molecule has 2 heterocycles. The minimum Gasteiger partial charge on any atom is -0.490 e. The second-order valence-corrected chi connectivity index (χ2v) is 6.86. The maximum Gasteiger partial charge on any atom is 0.134 e. The fourth-order valence-corrected chi connectivity index (χ4v) is 3.04. The minimum absolute atomic E-state index is 0.203. The van der Waals surface area contributed by atoms with Crippen LogP contribution in [-0.4, -0.2) is 53.5 Å². The van der Waals surface area contributed by atoms with Crippen LogP contribution in [0.4, 0.5) is 0 Å². The summed E-state index contributed by atoms with van der Waals surface area (Å²) in [4.78, 5) is 6.64. The van der Waals surface area contributed by atoms with Crippen molar-refractivity contribution < 1.29 is 14.6 Å². The van der Waals surface area contributed by atoms with Crippen LogP contribution in [0.25, 0.3) is 0 Å². The highest BCUT2D eigenvalue weighted by molar-refractivity contribution is 5.27. The highest BCUT2D eigenvalue weighted by Gasteiger charge is 2.33. The number of pyridine rings is 1. The molecule has 134 valence electrons. The van der Waals surface area contributed by atoms with Gasteiger partial charge in [-0.05, 0) is 43.2 Å². The Hall–Kier alpha value is -1.95. The van der Waals surface area contributed by atoms with E-state index in [1.165, 1.54) is 0 Å². The molecule has 1 aliphatic heterocycles. The summed E-state index contributed by atoms with van der Waals surface area (Å²) in [6.45, 7) is 7.11. The molecule has 5 heteroatoms. The van der Waals surface area contributed by atoms with E-state index in [9.17, 15) is 5.11 Å². The molecule has 3 rings (SSSR count). The smallest absolute Gasteiger partial charge is 0.134 e. The van der Waals surface area contributed by atoms with Crippen LogP contribution in [0.2, 0.25) is 0 Å². The predicted molar refractivity (Wildman–Crippen MR) is 96.7 cm³/mol. The van der Waals surface area contributed by atoms with Gasteiger partial charge in [0.15, 0.2) is 0 Å². The fourth-order valence-electron chi connectivity index (χ4n) is 3.04. The van der Waals surface area contributed by atoms with Crippen molar-refractivity contribution in [3.8, 4) is 5.75 Å². The normalized spacial score (nSPS) is 21.7. The van der Waals surface area contributed by atoms with Crippen LogP contribution in [0, 0.1) is 13.8 Å². The lowest BCUT2D eigenvalue weighted by atomic mass is 10.1. The first-order valence-corrected chi connectivity index (χ1v) is 8.67. The Morgan fingerprint density at radius 3 is 2.96 bits per heavy atom. The number of benzene rings is 1. The van der Waals surface area contributed by atoms with Crippen molar-refractivity contribution >= 4 is 0 Å². The van der Waals surface area contributed by atoms with Crippen LogP contribution < -0.4 is 4.74 Å². The molecule has 0 bridgehead atoms. The Bertz CT molecular complexity index is 707. The fraction of sp³-hybridized carbons (Fsp3) is 0.450. The molecule has 0 amide bonds. The van der Waals surface area contributed by atoms with E-state index < -0.39 is 5.60 Å². The van der Waals surface area contributed by atoms with Gasteiger partial charge in [-0.3, -0.25) is 9.88 Å². The van der Waals surface area contributed by atoms with E-state index >= 15 is 0 Å². The average molecular weight is 342 g/mol. The van der Waals surface area contributed by atoms with Crippen molar-refractivity contribution in [1.82, 2.24) is 9.88 Å². The first kappa shape index (κ1) is 17.9. The molecule has 1 N–H and O–H groups in total. The molecule has 5 nitrogen and oxygen atoms in total. The van der Waals surface area contributed by atoms with E-state index in [4.69, 9.17) is 9.47 Å². The molecule has 1 aliphatic rings. The van der Waals surface area contributed by atoms with Crippen LogP contribution in [0.3, 0.4) is 0 Å². The van der Waals surface area contributed by atoms with E-state index in [-0.39, 0.29) is 13.2 Å². The third kappa shape index (κ3) is 5.01. The van der Waals surface area contributed by atoms with E-state index in [1.54, 1.807) is 0 Å². The Morgan fingerprint density at radius 2 is 2.16 bits per heavy atom. The van der Waals surface area contributed by atoms with Gasteiger partial charge >= 0.3 is 0 Å². The third-order valence-corrected chi connectivity index (χ3v) is 4.43.